The van der Waals surface area contributed by atoms with E-state index in [1.54, 1.807) is 6.92 Å². The van der Waals surface area contributed by atoms with Gasteiger partial charge in [0.15, 0.2) is 0 Å². The number of amides is 1. The van der Waals surface area contributed by atoms with Crippen molar-refractivity contribution in [3.8, 4) is 0 Å². The number of carbonyl (C=O) groups is 1. The molecule has 0 aromatic heterocycles. The molecule has 1 aliphatic heterocycles. The van der Waals surface area contributed by atoms with E-state index in [0.717, 1.165) is 26.2 Å². The summed E-state index contributed by atoms with van der Waals surface area (Å²) in [5.41, 5.74) is 0. The first-order chi connectivity index (χ1) is 6.15. The Hall–Kier alpha value is -0.710. The van der Waals surface area contributed by atoms with Crippen LogP contribution >= 0.6 is 12.6 Å². The molecule has 0 aromatic carbocycles. The molecule has 1 fully saturated rings. The second-order valence-electron chi connectivity index (χ2n) is 3.10. The highest BCUT2D eigenvalue weighted by Gasteiger charge is 2.19. The standard InChI is InChI=1S/C8H15N3OS/c1-7(12)10-2-4-11(5-3-10)8(9)6-13/h9,13H,2-6H2,1H3. The van der Waals surface area contributed by atoms with Crippen LogP contribution in [0.3, 0.4) is 0 Å². The lowest BCUT2D eigenvalue weighted by Crippen LogP contribution is -2.50. The maximum Gasteiger partial charge on any atom is 0.219 e. The highest BCUT2D eigenvalue weighted by atomic mass is 32.1. The van der Waals surface area contributed by atoms with Crippen molar-refractivity contribution in [3.05, 3.63) is 0 Å². The van der Waals surface area contributed by atoms with Gasteiger partial charge in [0.1, 0.15) is 5.84 Å². The van der Waals surface area contributed by atoms with Gasteiger partial charge in [-0.15, -0.1) is 0 Å². The fourth-order valence-electron chi connectivity index (χ4n) is 1.39. The molecule has 1 N–H and O–H groups in total. The number of rotatable bonds is 1. The van der Waals surface area contributed by atoms with Gasteiger partial charge in [0.2, 0.25) is 5.91 Å². The van der Waals surface area contributed by atoms with Crippen LogP contribution in [0.1, 0.15) is 6.92 Å². The number of amidine groups is 1. The molecule has 4 nitrogen and oxygen atoms in total. The fourth-order valence-corrected chi connectivity index (χ4v) is 1.59. The number of nitrogens with zero attached hydrogens (tertiary/aromatic N) is 2. The molecule has 13 heavy (non-hydrogen) atoms. The van der Waals surface area contributed by atoms with Gasteiger partial charge in [0.05, 0.1) is 0 Å². The summed E-state index contributed by atoms with van der Waals surface area (Å²) in [7, 11) is 0. The summed E-state index contributed by atoms with van der Waals surface area (Å²) >= 11 is 4.04. The van der Waals surface area contributed by atoms with Crippen LogP contribution in [0.4, 0.5) is 0 Å². The van der Waals surface area contributed by atoms with Crippen LogP contribution in [-0.2, 0) is 4.79 Å². The molecule has 74 valence electrons. The zero-order valence-corrected chi connectivity index (χ0v) is 8.68. The summed E-state index contributed by atoms with van der Waals surface area (Å²) in [5.74, 6) is 1.14. The van der Waals surface area contributed by atoms with Gasteiger partial charge in [-0.25, -0.2) is 0 Å². The first-order valence-electron chi connectivity index (χ1n) is 4.34. The van der Waals surface area contributed by atoms with E-state index < -0.39 is 0 Å². The molecule has 0 atom stereocenters. The van der Waals surface area contributed by atoms with Crippen LogP contribution in [0.5, 0.6) is 0 Å². The Morgan fingerprint density at radius 1 is 1.31 bits per heavy atom. The topological polar surface area (TPSA) is 47.4 Å². The van der Waals surface area contributed by atoms with Crippen LogP contribution in [-0.4, -0.2) is 53.5 Å². The third-order valence-electron chi connectivity index (χ3n) is 2.26. The average Bonchev–Trinajstić information content (AvgIpc) is 2.17. The molecule has 1 rings (SSSR count). The van der Waals surface area contributed by atoms with Crippen LogP contribution in [0.15, 0.2) is 0 Å². The number of nitrogens with one attached hydrogen (secondary N) is 1. The maximum atomic E-state index is 11.0. The van der Waals surface area contributed by atoms with E-state index in [0.29, 0.717) is 11.6 Å². The lowest BCUT2D eigenvalue weighted by atomic mass is 10.3. The van der Waals surface area contributed by atoms with Crippen molar-refractivity contribution in [2.24, 2.45) is 0 Å². The smallest absolute Gasteiger partial charge is 0.219 e. The van der Waals surface area contributed by atoms with Gasteiger partial charge in [-0.05, 0) is 0 Å². The van der Waals surface area contributed by atoms with Crippen molar-refractivity contribution in [1.82, 2.24) is 9.80 Å². The summed E-state index contributed by atoms with van der Waals surface area (Å²) in [6.45, 7) is 4.56. The van der Waals surface area contributed by atoms with Crippen LogP contribution in [0, 0.1) is 5.41 Å². The molecule has 0 spiro atoms. The van der Waals surface area contributed by atoms with Gasteiger partial charge in [-0.3, -0.25) is 10.2 Å². The number of piperazine rings is 1. The molecule has 0 aromatic rings. The molecule has 0 unspecified atom stereocenters. The highest BCUT2D eigenvalue weighted by Crippen LogP contribution is 2.02. The minimum absolute atomic E-state index is 0.122. The lowest BCUT2D eigenvalue weighted by Gasteiger charge is -2.35. The van der Waals surface area contributed by atoms with Crippen LogP contribution in [0.25, 0.3) is 0 Å². The predicted octanol–water partition coefficient (Wildman–Crippen LogP) is 0.0576. The molecule has 0 saturated carbocycles. The van der Waals surface area contributed by atoms with E-state index in [-0.39, 0.29) is 5.91 Å². The molecule has 5 heteroatoms. The summed E-state index contributed by atoms with van der Waals surface area (Å²) in [6.07, 6.45) is 0. The molecule has 1 aliphatic rings. The quantitative estimate of drug-likeness (QED) is 0.358. The first-order valence-corrected chi connectivity index (χ1v) is 4.97. The second-order valence-corrected chi connectivity index (χ2v) is 3.41. The minimum atomic E-state index is 0.122. The monoisotopic (exact) mass is 201 g/mol. The van der Waals surface area contributed by atoms with Gasteiger partial charge in [-0.1, -0.05) is 0 Å². The van der Waals surface area contributed by atoms with Crippen LogP contribution < -0.4 is 0 Å². The summed E-state index contributed by atoms with van der Waals surface area (Å²) in [6, 6.07) is 0. The molecular weight excluding hydrogens is 186 g/mol. The van der Waals surface area contributed by atoms with Crippen molar-refractivity contribution >= 4 is 24.4 Å². The van der Waals surface area contributed by atoms with Gasteiger partial charge >= 0.3 is 0 Å². The Morgan fingerprint density at radius 3 is 2.15 bits per heavy atom. The molecule has 0 aliphatic carbocycles. The zero-order chi connectivity index (χ0) is 9.84. The third-order valence-corrected chi connectivity index (χ3v) is 2.56. The van der Waals surface area contributed by atoms with E-state index in [1.165, 1.54) is 0 Å². The van der Waals surface area contributed by atoms with Crippen molar-refractivity contribution in [2.75, 3.05) is 31.9 Å². The Morgan fingerprint density at radius 2 is 1.77 bits per heavy atom. The van der Waals surface area contributed by atoms with Gasteiger partial charge in [0, 0.05) is 38.9 Å². The van der Waals surface area contributed by atoms with Crippen molar-refractivity contribution < 1.29 is 4.79 Å². The molecule has 1 saturated heterocycles. The number of thiol groups is 1. The normalized spacial score (nSPS) is 17.4. The molecule has 1 heterocycles. The summed E-state index contributed by atoms with van der Waals surface area (Å²) in [5, 5.41) is 7.55. The zero-order valence-electron chi connectivity index (χ0n) is 7.79. The maximum absolute atomic E-state index is 11.0. The van der Waals surface area contributed by atoms with E-state index in [1.807, 2.05) is 9.80 Å². The molecule has 1 amide bonds. The number of hydrogen-bond donors (Lipinski definition) is 2. The molecule has 0 radical (unpaired) electrons. The van der Waals surface area contributed by atoms with E-state index in [9.17, 15) is 4.79 Å². The fraction of sp³-hybridized carbons (Fsp3) is 0.750. The largest absolute Gasteiger partial charge is 0.356 e. The summed E-state index contributed by atoms with van der Waals surface area (Å²) < 4.78 is 0. The van der Waals surface area contributed by atoms with Crippen molar-refractivity contribution in [1.29, 1.82) is 5.41 Å². The number of hydrogen-bond acceptors (Lipinski definition) is 3. The van der Waals surface area contributed by atoms with Crippen molar-refractivity contribution in [2.45, 2.75) is 6.92 Å². The first kappa shape index (κ1) is 10.4. The summed E-state index contributed by atoms with van der Waals surface area (Å²) in [4.78, 5) is 14.8. The average molecular weight is 201 g/mol. The molecule has 0 bridgehead atoms. The lowest BCUT2D eigenvalue weighted by molar-refractivity contribution is -0.130. The Labute approximate surface area is 83.8 Å². The Balaban J connectivity index is 2.39. The van der Waals surface area contributed by atoms with Gasteiger partial charge in [0.25, 0.3) is 0 Å². The predicted molar refractivity (Wildman–Crippen MR) is 55.4 cm³/mol. The number of carbonyl (C=O) groups excluding carboxylic acids is 1. The minimum Gasteiger partial charge on any atom is -0.356 e. The molecular formula is C8H15N3OS. The van der Waals surface area contributed by atoms with Crippen LogP contribution in [0.2, 0.25) is 0 Å². The highest BCUT2D eigenvalue weighted by molar-refractivity contribution is 7.81. The van der Waals surface area contributed by atoms with Gasteiger partial charge < -0.3 is 9.80 Å². The Kier molecular flexibility index (Phi) is 3.59. The Bertz CT molecular complexity index is 211. The SMILES string of the molecule is CC(=O)N1CCN(C(=N)CS)CC1. The third kappa shape index (κ3) is 2.62. The second kappa shape index (κ2) is 4.50. The van der Waals surface area contributed by atoms with E-state index in [4.69, 9.17) is 5.41 Å². The van der Waals surface area contributed by atoms with Crippen molar-refractivity contribution in [3.63, 3.8) is 0 Å². The van der Waals surface area contributed by atoms with E-state index in [2.05, 4.69) is 12.6 Å². The van der Waals surface area contributed by atoms with E-state index >= 15 is 0 Å². The van der Waals surface area contributed by atoms with Gasteiger partial charge in [-0.2, -0.15) is 12.6 Å².